The largest absolute Gasteiger partial charge is 0.311 e. The molecule has 12 aromatic carbocycles. The number of rotatable bonds is 16. The molecule has 0 atom stereocenters. The Labute approximate surface area is 623 Å². The third kappa shape index (κ3) is 14.3. The molecule has 0 spiro atoms. The molecule has 0 aliphatic rings. The van der Waals surface area contributed by atoms with Gasteiger partial charge in [0.2, 0.25) is 0 Å². The van der Waals surface area contributed by atoms with E-state index in [1.165, 1.54) is 11.1 Å². The van der Waals surface area contributed by atoms with Gasteiger partial charge in [0.1, 0.15) is 11.4 Å². The van der Waals surface area contributed by atoms with Crippen LogP contribution in [0.25, 0.3) is 124 Å². The predicted octanol–water partition coefficient (Wildman–Crippen LogP) is 25.2. The number of hydrogen-bond acceptors (Lipinski definition) is 8. The molecule has 0 saturated heterocycles. The third-order valence-electron chi connectivity index (χ3n) is 19.2. The second-order valence-electron chi connectivity index (χ2n) is 26.2. The lowest BCUT2D eigenvalue weighted by atomic mass is 10.0. The van der Waals surface area contributed by atoms with Gasteiger partial charge >= 0.3 is 0 Å². The van der Waals surface area contributed by atoms with Gasteiger partial charge in [-0.25, -0.2) is 9.97 Å². The molecule has 0 saturated carbocycles. The molecule has 0 unspecified atom stereocenters. The van der Waals surface area contributed by atoms with Crippen molar-refractivity contribution in [3.63, 3.8) is 0 Å². The molecule has 6 heterocycles. The number of hydrogen-bond donors (Lipinski definition) is 0. The number of aryl methyl sites for hydroxylation is 2. The van der Waals surface area contributed by atoms with Gasteiger partial charge in [-0.3, -0.25) is 29.1 Å². The van der Waals surface area contributed by atoms with Crippen molar-refractivity contribution in [1.29, 1.82) is 0 Å². The highest BCUT2D eigenvalue weighted by Gasteiger charge is 2.20. The zero-order valence-electron chi connectivity index (χ0n) is 58.4. The highest BCUT2D eigenvalue weighted by Crippen LogP contribution is 2.40. The molecule has 0 N–H and O–H groups in total. The zero-order valence-corrected chi connectivity index (χ0v) is 58.4. The fourth-order valence-corrected chi connectivity index (χ4v) is 13.6. The summed E-state index contributed by atoms with van der Waals surface area (Å²) in [6, 6.07) is 127. The van der Waals surface area contributed by atoms with Crippen LogP contribution in [0.5, 0.6) is 0 Å². The average Bonchev–Trinajstić information content (AvgIpc) is 1.63. The number of pyridine rings is 4. The van der Waals surface area contributed by atoms with Gasteiger partial charge < -0.3 is 9.80 Å². The molecule has 0 bridgehead atoms. The van der Waals surface area contributed by atoms with Crippen molar-refractivity contribution in [2.75, 3.05) is 9.80 Å². The first-order valence-electron chi connectivity index (χ1n) is 35.5. The summed E-state index contributed by atoms with van der Waals surface area (Å²) >= 11 is 0. The molecule has 0 aliphatic carbocycles. The SMILES string of the molecule is C.Cc1ccc(N(c2ccc(C)cc2)c2ccc(-c3ccc(-c4ccc(-c5ccc(-c6nc7ccccc7n6-c6ccccc6)nc5)cn4)cc3)cc2)cc1.c1ccc(N(c2ccccc2)c2ccc(-c3ccc(-c4ccc(-c5ccc(-c6nc7ccccc7n6-c6ccccc6)nc5)cn4)cc3)cc2)cc1. The van der Waals surface area contributed by atoms with Crippen molar-refractivity contribution >= 4 is 56.2 Å². The minimum absolute atomic E-state index is 0. The number of aromatic nitrogens is 8. The Morgan fingerprint density at radius 1 is 0.215 bits per heavy atom. The van der Waals surface area contributed by atoms with Crippen LogP contribution in [-0.4, -0.2) is 39.0 Å². The quantitative estimate of drug-likeness (QED) is 0.0944. The first-order chi connectivity index (χ1) is 52.3. The molecular formula is C97H74N10. The van der Waals surface area contributed by atoms with Gasteiger partial charge in [0, 0.05) is 104 Å². The van der Waals surface area contributed by atoms with Crippen molar-refractivity contribution in [1.82, 2.24) is 39.0 Å². The first kappa shape index (κ1) is 67.3. The summed E-state index contributed by atoms with van der Waals surface area (Å²) in [5.41, 5.74) is 29.6. The molecule has 0 fully saturated rings. The maximum atomic E-state index is 4.96. The standard InChI is InChI=1S/C49H37N5.C47H33N5.CH4/c1-34-12-24-42(25-13-34)53(43-26-14-35(2)15-27-43)44-28-20-37(21-29-44)36-16-18-38(19-17-36)45-30-22-39(32-50-45)40-23-31-47(51-33-40)49-52-46-10-6-7-11-48(46)54(49)41-8-4-3-5-9-41;1-4-12-39(13-5-1)51(40-14-6-2-7-15-40)42-28-24-35(25-29-42)34-20-22-36(23-21-34)43-30-26-37(32-48-43)38-27-31-45(49-33-38)47-50-44-18-10-11-19-46(44)52(47)41-16-8-3-9-17-41;/h3-33H,1-2H3;1-33H;1H4. The van der Waals surface area contributed by atoms with Crippen LogP contribution >= 0.6 is 0 Å². The molecule has 18 aromatic rings. The van der Waals surface area contributed by atoms with Crippen LogP contribution in [0.1, 0.15) is 18.6 Å². The summed E-state index contributed by atoms with van der Waals surface area (Å²) in [5, 5.41) is 0. The Hall–Kier alpha value is -14.2. The number of imidazole rings is 2. The Morgan fingerprint density at radius 3 is 0.766 bits per heavy atom. The summed E-state index contributed by atoms with van der Waals surface area (Å²) in [5.74, 6) is 1.63. The van der Waals surface area contributed by atoms with E-state index in [0.29, 0.717) is 0 Å². The molecule has 0 amide bonds. The Morgan fingerprint density at radius 2 is 0.458 bits per heavy atom. The van der Waals surface area contributed by atoms with E-state index in [1.54, 1.807) is 0 Å². The van der Waals surface area contributed by atoms with E-state index in [0.717, 1.165) is 158 Å². The molecule has 512 valence electrons. The fourth-order valence-electron chi connectivity index (χ4n) is 13.6. The second-order valence-corrected chi connectivity index (χ2v) is 26.2. The number of fused-ring (bicyclic) bond motifs is 2. The molecule has 6 aromatic heterocycles. The Kier molecular flexibility index (Phi) is 19.1. The van der Waals surface area contributed by atoms with E-state index in [4.69, 9.17) is 29.9 Å². The maximum absolute atomic E-state index is 4.96. The maximum Gasteiger partial charge on any atom is 0.164 e. The van der Waals surface area contributed by atoms with E-state index in [1.807, 2.05) is 122 Å². The van der Waals surface area contributed by atoms with Crippen molar-refractivity contribution < 1.29 is 0 Å². The van der Waals surface area contributed by atoms with E-state index in [9.17, 15) is 0 Å². The smallest absolute Gasteiger partial charge is 0.164 e. The van der Waals surface area contributed by atoms with E-state index in [2.05, 4.69) is 300 Å². The molecule has 0 aliphatic heterocycles. The highest BCUT2D eigenvalue weighted by molar-refractivity contribution is 5.86. The number of para-hydroxylation sites is 8. The van der Waals surface area contributed by atoms with Crippen molar-refractivity contribution in [3.8, 4) is 101 Å². The Bertz CT molecular complexity index is 5890. The lowest BCUT2D eigenvalue weighted by molar-refractivity contribution is 1.08. The van der Waals surface area contributed by atoms with Crippen LogP contribution in [-0.2, 0) is 0 Å². The number of anilines is 6. The lowest BCUT2D eigenvalue weighted by Gasteiger charge is -2.26. The molecule has 10 heteroatoms. The molecule has 18 rings (SSSR count). The molecule has 107 heavy (non-hydrogen) atoms. The van der Waals surface area contributed by atoms with Crippen LogP contribution in [0.4, 0.5) is 34.1 Å². The van der Waals surface area contributed by atoms with Crippen LogP contribution in [0, 0.1) is 13.8 Å². The topological polar surface area (TPSA) is 93.7 Å². The summed E-state index contributed by atoms with van der Waals surface area (Å²) < 4.78 is 4.33. The van der Waals surface area contributed by atoms with Crippen LogP contribution in [0.15, 0.2) is 389 Å². The Balaban J connectivity index is 0.000000162. The van der Waals surface area contributed by atoms with Gasteiger partial charge in [-0.05, 0) is 182 Å². The van der Waals surface area contributed by atoms with Crippen LogP contribution in [0.2, 0.25) is 0 Å². The van der Waals surface area contributed by atoms with E-state index >= 15 is 0 Å². The fraction of sp³-hybridized carbons (Fsp3) is 0.0309. The highest BCUT2D eigenvalue weighted by atomic mass is 15.2. The molecule has 0 radical (unpaired) electrons. The molecule has 10 nitrogen and oxygen atoms in total. The van der Waals surface area contributed by atoms with Gasteiger partial charge in [0.05, 0.1) is 33.5 Å². The normalized spacial score (nSPS) is 11.0. The van der Waals surface area contributed by atoms with Gasteiger partial charge in [0.25, 0.3) is 0 Å². The monoisotopic (exact) mass is 1380 g/mol. The summed E-state index contributed by atoms with van der Waals surface area (Å²) in [7, 11) is 0. The summed E-state index contributed by atoms with van der Waals surface area (Å²) in [4.78, 5) is 33.9. The number of benzene rings is 12. The van der Waals surface area contributed by atoms with Gasteiger partial charge in [-0.15, -0.1) is 0 Å². The van der Waals surface area contributed by atoms with Gasteiger partial charge in [-0.1, -0.05) is 237 Å². The minimum Gasteiger partial charge on any atom is -0.311 e. The first-order valence-corrected chi connectivity index (χ1v) is 35.5. The summed E-state index contributed by atoms with van der Waals surface area (Å²) in [6.45, 7) is 4.24. The van der Waals surface area contributed by atoms with Gasteiger partial charge in [0.15, 0.2) is 11.6 Å². The van der Waals surface area contributed by atoms with Gasteiger partial charge in [-0.2, -0.15) is 0 Å². The van der Waals surface area contributed by atoms with E-state index < -0.39 is 0 Å². The second kappa shape index (κ2) is 30.4. The summed E-state index contributed by atoms with van der Waals surface area (Å²) in [6.07, 6.45) is 7.65. The number of nitrogens with zero attached hydrogens (tertiary/aromatic N) is 10. The van der Waals surface area contributed by atoms with Crippen LogP contribution in [0.3, 0.4) is 0 Å². The van der Waals surface area contributed by atoms with Crippen molar-refractivity contribution in [2.24, 2.45) is 0 Å². The van der Waals surface area contributed by atoms with Crippen LogP contribution < -0.4 is 9.80 Å². The average molecular weight is 1380 g/mol. The van der Waals surface area contributed by atoms with Crippen molar-refractivity contribution in [3.05, 3.63) is 400 Å². The van der Waals surface area contributed by atoms with Crippen molar-refractivity contribution in [2.45, 2.75) is 21.3 Å². The minimum atomic E-state index is 0. The third-order valence-corrected chi connectivity index (χ3v) is 19.2. The zero-order chi connectivity index (χ0) is 71.1. The molecular weight excluding hydrogens is 1310 g/mol. The predicted molar refractivity (Wildman–Crippen MR) is 442 cm³/mol. The van der Waals surface area contributed by atoms with E-state index in [-0.39, 0.29) is 7.43 Å². The lowest BCUT2D eigenvalue weighted by Crippen LogP contribution is -2.09.